The van der Waals surface area contributed by atoms with Crippen LogP contribution in [0.2, 0.25) is 5.02 Å². The predicted octanol–water partition coefficient (Wildman–Crippen LogP) is 4.19. The summed E-state index contributed by atoms with van der Waals surface area (Å²) in [6.45, 7) is 4.20. The third-order valence-corrected chi connectivity index (χ3v) is 8.02. The van der Waals surface area contributed by atoms with Gasteiger partial charge < -0.3 is 9.80 Å². The van der Waals surface area contributed by atoms with E-state index in [1.165, 1.54) is 4.31 Å². The van der Waals surface area contributed by atoms with Crippen LogP contribution in [0.25, 0.3) is 0 Å². The molecule has 1 amide bonds. The highest BCUT2D eigenvalue weighted by atomic mass is 35.5. The lowest BCUT2D eigenvalue weighted by Gasteiger charge is -2.37. The van der Waals surface area contributed by atoms with Crippen molar-refractivity contribution >= 4 is 33.2 Å². The monoisotopic (exact) mass is 497 g/mol. The zero-order chi connectivity index (χ0) is 24.1. The van der Waals surface area contributed by atoms with Crippen molar-refractivity contribution in [3.63, 3.8) is 0 Å². The summed E-state index contributed by atoms with van der Waals surface area (Å²) in [6.07, 6.45) is 0. The quantitative estimate of drug-likeness (QED) is 0.491. The van der Waals surface area contributed by atoms with Crippen LogP contribution >= 0.6 is 11.6 Å². The molecule has 8 heteroatoms. The first-order valence-corrected chi connectivity index (χ1v) is 13.0. The molecule has 0 spiro atoms. The predicted molar refractivity (Wildman–Crippen MR) is 135 cm³/mol. The van der Waals surface area contributed by atoms with Crippen molar-refractivity contribution in [1.82, 2.24) is 9.21 Å². The average Bonchev–Trinajstić information content (AvgIpc) is 2.84. The number of anilines is 1. The molecule has 34 heavy (non-hydrogen) atoms. The van der Waals surface area contributed by atoms with E-state index in [4.69, 9.17) is 11.6 Å². The van der Waals surface area contributed by atoms with Gasteiger partial charge in [-0.1, -0.05) is 65.7 Å². The van der Waals surface area contributed by atoms with E-state index in [-0.39, 0.29) is 23.9 Å². The van der Waals surface area contributed by atoms with Crippen LogP contribution < -0.4 is 4.90 Å². The topological polar surface area (TPSA) is 60.9 Å². The van der Waals surface area contributed by atoms with Crippen LogP contribution in [0.4, 0.5) is 5.69 Å². The van der Waals surface area contributed by atoms with E-state index < -0.39 is 10.0 Å². The highest BCUT2D eigenvalue weighted by Crippen LogP contribution is 2.22. The maximum atomic E-state index is 13.5. The van der Waals surface area contributed by atoms with E-state index in [1.54, 1.807) is 29.2 Å². The third kappa shape index (κ3) is 5.78. The molecule has 1 saturated heterocycles. The molecule has 1 heterocycles. The fourth-order valence-electron chi connectivity index (χ4n) is 4.01. The fraction of sp³-hybridized carbons (Fsp3) is 0.269. The summed E-state index contributed by atoms with van der Waals surface area (Å²) < 4.78 is 28.2. The zero-order valence-electron chi connectivity index (χ0n) is 19.1. The summed E-state index contributed by atoms with van der Waals surface area (Å²) in [5.74, 6) is -0.197. The number of hydrogen-bond donors (Lipinski definition) is 0. The maximum Gasteiger partial charge on any atom is 0.243 e. The molecule has 1 aliphatic heterocycles. The Kier molecular flexibility index (Phi) is 7.56. The van der Waals surface area contributed by atoms with Gasteiger partial charge in [0.1, 0.15) is 0 Å². The molecule has 6 nitrogen and oxygen atoms in total. The Labute approximate surface area is 206 Å². The average molecular weight is 498 g/mol. The fourth-order valence-corrected chi connectivity index (χ4v) is 5.57. The first-order valence-electron chi connectivity index (χ1n) is 11.2. The Hall–Kier alpha value is -2.87. The van der Waals surface area contributed by atoms with Crippen LogP contribution in [0.5, 0.6) is 0 Å². The number of amides is 1. The second-order valence-electron chi connectivity index (χ2n) is 8.42. The molecule has 0 aliphatic carbocycles. The lowest BCUT2D eigenvalue weighted by atomic mass is 10.2. The van der Waals surface area contributed by atoms with Crippen LogP contribution in [0.15, 0.2) is 83.8 Å². The molecular weight excluding hydrogens is 470 g/mol. The second-order valence-corrected chi connectivity index (χ2v) is 10.8. The first kappa shape index (κ1) is 24.3. The van der Waals surface area contributed by atoms with Gasteiger partial charge in [-0.2, -0.15) is 4.31 Å². The van der Waals surface area contributed by atoms with Gasteiger partial charge in [-0.25, -0.2) is 8.42 Å². The Morgan fingerprint density at radius 2 is 1.59 bits per heavy atom. The standard InChI is InChI=1S/C26H28ClN3O3S/c1-21-10-12-25(13-11-21)34(32,33)30(19-22-6-3-2-4-7-22)20-26(31)29-16-14-28(15-17-29)24-9-5-8-23(27)18-24/h2-13,18H,14-17,19-20H2,1H3. The number of hydrogen-bond acceptors (Lipinski definition) is 4. The summed E-state index contributed by atoms with van der Waals surface area (Å²) >= 11 is 6.12. The Balaban J connectivity index is 1.48. The minimum absolute atomic E-state index is 0.130. The number of halogens is 1. The third-order valence-electron chi connectivity index (χ3n) is 5.98. The minimum Gasteiger partial charge on any atom is -0.368 e. The molecule has 3 aromatic rings. The van der Waals surface area contributed by atoms with Crippen molar-refractivity contribution in [3.05, 3.63) is 95.0 Å². The van der Waals surface area contributed by atoms with Gasteiger partial charge in [-0.3, -0.25) is 4.79 Å². The van der Waals surface area contributed by atoms with Crippen molar-refractivity contribution < 1.29 is 13.2 Å². The Morgan fingerprint density at radius 1 is 0.912 bits per heavy atom. The van der Waals surface area contributed by atoms with Gasteiger partial charge in [0.25, 0.3) is 0 Å². The summed E-state index contributed by atoms with van der Waals surface area (Å²) in [4.78, 5) is 17.3. The lowest BCUT2D eigenvalue weighted by molar-refractivity contribution is -0.131. The number of rotatable bonds is 7. The largest absolute Gasteiger partial charge is 0.368 e. The number of carbonyl (C=O) groups excluding carboxylic acids is 1. The van der Waals surface area contributed by atoms with Gasteiger partial charge in [-0.15, -0.1) is 0 Å². The molecule has 1 aliphatic rings. The highest BCUT2D eigenvalue weighted by Gasteiger charge is 2.30. The first-order chi connectivity index (χ1) is 16.3. The van der Waals surface area contributed by atoms with Gasteiger partial charge in [0.05, 0.1) is 11.4 Å². The van der Waals surface area contributed by atoms with Crippen molar-refractivity contribution in [1.29, 1.82) is 0 Å². The lowest BCUT2D eigenvalue weighted by Crippen LogP contribution is -2.51. The minimum atomic E-state index is -3.85. The molecule has 4 rings (SSSR count). The maximum absolute atomic E-state index is 13.5. The molecule has 3 aromatic carbocycles. The van der Waals surface area contributed by atoms with Crippen LogP contribution in [-0.4, -0.2) is 56.3 Å². The van der Waals surface area contributed by atoms with Gasteiger partial charge in [-0.05, 0) is 42.8 Å². The molecule has 0 unspecified atom stereocenters. The molecule has 0 bridgehead atoms. The van der Waals surface area contributed by atoms with Gasteiger partial charge in [0, 0.05) is 43.4 Å². The normalized spacial score (nSPS) is 14.4. The number of benzene rings is 3. The highest BCUT2D eigenvalue weighted by molar-refractivity contribution is 7.89. The number of nitrogens with zero attached hydrogens (tertiary/aromatic N) is 3. The molecular formula is C26H28ClN3O3S. The molecule has 0 atom stereocenters. The molecule has 0 N–H and O–H groups in total. The SMILES string of the molecule is Cc1ccc(S(=O)(=O)N(CC(=O)N2CCN(c3cccc(Cl)c3)CC2)Cc2ccccc2)cc1. The van der Waals surface area contributed by atoms with E-state index in [0.29, 0.717) is 31.2 Å². The number of carbonyl (C=O) groups is 1. The van der Waals surface area contributed by atoms with Crippen LogP contribution in [0.3, 0.4) is 0 Å². The van der Waals surface area contributed by atoms with Crippen LogP contribution in [-0.2, 0) is 21.4 Å². The van der Waals surface area contributed by atoms with Crippen molar-refractivity contribution in [2.45, 2.75) is 18.4 Å². The van der Waals surface area contributed by atoms with Crippen molar-refractivity contribution in [2.75, 3.05) is 37.6 Å². The second kappa shape index (κ2) is 10.6. The zero-order valence-corrected chi connectivity index (χ0v) is 20.7. The molecule has 1 fully saturated rings. The summed E-state index contributed by atoms with van der Waals surface area (Å²) in [7, 11) is -3.85. The molecule has 0 aromatic heterocycles. The van der Waals surface area contributed by atoms with Gasteiger partial charge >= 0.3 is 0 Å². The smallest absolute Gasteiger partial charge is 0.243 e. The van der Waals surface area contributed by atoms with E-state index in [9.17, 15) is 13.2 Å². The molecule has 0 saturated carbocycles. The number of piperazine rings is 1. The Morgan fingerprint density at radius 3 is 2.24 bits per heavy atom. The van der Waals surface area contributed by atoms with E-state index >= 15 is 0 Å². The Bertz CT molecular complexity index is 1230. The van der Waals surface area contributed by atoms with E-state index in [2.05, 4.69) is 4.90 Å². The van der Waals surface area contributed by atoms with E-state index in [0.717, 1.165) is 16.8 Å². The summed E-state index contributed by atoms with van der Waals surface area (Å²) in [6, 6.07) is 23.7. The summed E-state index contributed by atoms with van der Waals surface area (Å²) in [5.41, 5.74) is 2.83. The van der Waals surface area contributed by atoms with Crippen molar-refractivity contribution in [3.8, 4) is 0 Å². The van der Waals surface area contributed by atoms with Gasteiger partial charge in [0.15, 0.2) is 0 Å². The van der Waals surface area contributed by atoms with Crippen LogP contribution in [0.1, 0.15) is 11.1 Å². The van der Waals surface area contributed by atoms with Gasteiger partial charge in [0.2, 0.25) is 15.9 Å². The number of sulfonamides is 1. The van der Waals surface area contributed by atoms with Crippen molar-refractivity contribution in [2.24, 2.45) is 0 Å². The van der Waals surface area contributed by atoms with Crippen LogP contribution in [0, 0.1) is 6.92 Å². The molecule has 178 valence electrons. The number of aryl methyl sites for hydroxylation is 1. The summed E-state index contributed by atoms with van der Waals surface area (Å²) in [5, 5.41) is 0.675. The molecule has 0 radical (unpaired) electrons. The van der Waals surface area contributed by atoms with E-state index in [1.807, 2.05) is 61.5 Å².